The van der Waals surface area contributed by atoms with Gasteiger partial charge in [0.25, 0.3) is 5.91 Å². The third-order valence-electron chi connectivity index (χ3n) is 4.27. The lowest BCUT2D eigenvalue weighted by atomic mass is 10.0. The average molecular weight is 398 g/mol. The van der Waals surface area contributed by atoms with E-state index >= 15 is 0 Å². The molecular weight excluding hydrogens is 382 g/mol. The number of aliphatic carboxylic acids is 1. The molecule has 0 aromatic heterocycles. The van der Waals surface area contributed by atoms with Gasteiger partial charge in [-0.15, -0.1) is 11.8 Å². The standard InChI is InChI=1S/C16H16ClN3O5S/c1-6-5-26-15-11(14(23)20(15)12(6)16(24)25)19-13(22)10(18)7-2-3-9(21)8(17)4-7/h2-4,10-11,15,21H,5,18H2,1H3,(H,19,22)(H,24,25)/t10-,11?,15-/m1/s1. The Morgan fingerprint density at radius 2 is 2.15 bits per heavy atom. The summed E-state index contributed by atoms with van der Waals surface area (Å²) in [4.78, 5) is 37.3. The highest BCUT2D eigenvalue weighted by molar-refractivity contribution is 8.00. The summed E-state index contributed by atoms with van der Waals surface area (Å²) in [5.41, 5.74) is 6.87. The van der Waals surface area contributed by atoms with Crippen LogP contribution in [0.5, 0.6) is 5.75 Å². The Hall–Kier alpha value is -2.23. The van der Waals surface area contributed by atoms with Crippen molar-refractivity contribution in [2.45, 2.75) is 24.4 Å². The normalized spacial score (nSPS) is 23.2. The van der Waals surface area contributed by atoms with Gasteiger partial charge in [-0.3, -0.25) is 14.5 Å². The van der Waals surface area contributed by atoms with Gasteiger partial charge in [0, 0.05) is 5.75 Å². The van der Waals surface area contributed by atoms with E-state index < -0.39 is 35.2 Å². The van der Waals surface area contributed by atoms with E-state index in [1.165, 1.54) is 34.9 Å². The first-order chi connectivity index (χ1) is 12.2. The maximum absolute atomic E-state index is 12.4. The lowest BCUT2D eigenvalue weighted by Gasteiger charge is -2.49. The molecule has 1 saturated heterocycles. The zero-order valence-corrected chi connectivity index (χ0v) is 15.2. The number of benzene rings is 1. The molecule has 2 aliphatic heterocycles. The number of carboxylic acids is 1. The first-order valence-electron chi connectivity index (χ1n) is 7.64. The maximum Gasteiger partial charge on any atom is 0.352 e. The van der Waals surface area contributed by atoms with Gasteiger partial charge in [0.1, 0.15) is 28.9 Å². The van der Waals surface area contributed by atoms with Crippen molar-refractivity contribution in [3.05, 3.63) is 40.1 Å². The number of hydrogen-bond acceptors (Lipinski definition) is 6. The van der Waals surface area contributed by atoms with Gasteiger partial charge >= 0.3 is 5.97 Å². The Kier molecular flexibility index (Phi) is 4.87. The number of aromatic hydroxyl groups is 1. The van der Waals surface area contributed by atoms with Gasteiger partial charge in [-0.25, -0.2) is 4.79 Å². The maximum atomic E-state index is 12.4. The first kappa shape index (κ1) is 18.6. The molecule has 5 N–H and O–H groups in total. The van der Waals surface area contributed by atoms with Crippen LogP contribution < -0.4 is 11.1 Å². The van der Waals surface area contributed by atoms with Crippen molar-refractivity contribution in [2.75, 3.05) is 5.75 Å². The van der Waals surface area contributed by atoms with E-state index in [0.29, 0.717) is 16.9 Å². The Labute approximate surface area is 158 Å². The van der Waals surface area contributed by atoms with Gasteiger partial charge in [0.2, 0.25) is 5.91 Å². The largest absolute Gasteiger partial charge is 0.506 e. The third-order valence-corrected chi connectivity index (χ3v) is 6.00. The number of hydrogen-bond donors (Lipinski definition) is 4. The molecule has 3 rings (SSSR count). The number of thioether (sulfide) groups is 1. The molecular formula is C16H16ClN3O5S. The van der Waals surface area contributed by atoms with Crippen LogP contribution in [0.3, 0.4) is 0 Å². The summed E-state index contributed by atoms with van der Waals surface area (Å²) in [5.74, 6) is -1.91. The molecule has 0 aliphatic carbocycles. The number of nitrogens with zero attached hydrogens (tertiary/aromatic N) is 1. The number of carbonyl (C=O) groups is 3. The molecule has 1 aromatic carbocycles. The number of phenolic OH excluding ortho intramolecular Hbond substituents is 1. The van der Waals surface area contributed by atoms with E-state index in [1.807, 2.05) is 0 Å². The Morgan fingerprint density at radius 1 is 1.46 bits per heavy atom. The van der Waals surface area contributed by atoms with Gasteiger partial charge in [-0.1, -0.05) is 17.7 Å². The second-order valence-corrected chi connectivity index (χ2v) is 7.53. The number of β-lactam (4-membered cyclic amide) rings is 1. The van der Waals surface area contributed by atoms with Crippen molar-refractivity contribution in [3.8, 4) is 5.75 Å². The highest BCUT2D eigenvalue weighted by Crippen LogP contribution is 2.40. The molecule has 0 saturated carbocycles. The summed E-state index contributed by atoms with van der Waals surface area (Å²) in [7, 11) is 0. The average Bonchev–Trinajstić information content (AvgIpc) is 2.60. The molecule has 10 heteroatoms. The van der Waals surface area contributed by atoms with Crippen LogP contribution in [-0.2, 0) is 14.4 Å². The molecule has 3 atom stereocenters. The Balaban J connectivity index is 1.72. The van der Waals surface area contributed by atoms with Gasteiger partial charge in [0.05, 0.1) is 5.02 Å². The minimum atomic E-state index is -1.17. The van der Waals surface area contributed by atoms with Crippen LogP contribution in [0.25, 0.3) is 0 Å². The summed E-state index contributed by atoms with van der Waals surface area (Å²) >= 11 is 7.20. The molecule has 1 unspecified atom stereocenters. The zero-order chi connectivity index (χ0) is 19.2. The quantitative estimate of drug-likeness (QED) is 0.552. The zero-order valence-electron chi connectivity index (χ0n) is 13.6. The number of halogens is 1. The van der Waals surface area contributed by atoms with Crippen molar-refractivity contribution in [3.63, 3.8) is 0 Å². The molecule has 2 amide bonds. The number of rotatable bonds is 4. The van der Waals surface area contributed by atoms with E-state index in [1.54, 1.807) is 6.92 Å². The predicted octanol–water partition coefficient (Wildman–Crippen LogP) is 0.804. The van der Waals surface area contributed by atoms with Gasteiger partial charge in [0.15, 0.2) is 0 Å². The summed E-state index contributed by atoms with van der Waals surface area (Å²) in [5, 5.41) is 20.9. The van der Waals surface area contributed by atoms with E-state index in [4.69, 9.17) is 17.3 Å². The molecule has 0 bridgehead atoms. The molecule has 0 radical (unpaired) electrons. The van der Waals surface area contributed by atoms with Crippen molar-refractivity contribution in [2.24, 2.45) is 5.73 Å². The van der Waals surface area contributed by atoms with Crippen molar-refractivity contribution < 1.29 is 24.6 Å². The lowest BCUT2D eigenvalue weighted by molar-refractivity contribution is -0.150. The van der Waals surface area contributed by atoms with E-state index in [-0.39, 0.29) is 16.5 Å². The van der Waals surface area contributed by atoms with Crippen LogP contribution in [0.1, 0.15) is 18.5 Å². The number of amides is 2. The summed E-state index contributed by atoms with van der Waals surface area (Å²) in [6, 6.07) is 2.24. The lowest BCUT2D eigenvalue weighted by Crippen LogP contribution is -2.71. The van der Waals surface area contributed by atoms with Gasteiger partial charge in [-0.2, -0.15) is 0 Å². The SMILES string of the molecule is CC1=C(C(=O)O)N2C(=O)C(NC(=O)[C@H](N)c3ccc(O)c(Cl)c3)[C@H]2SC1. The van der Waals surface area contributed by atoms with Crippen LogP contribution >= 0.6 is 23.4 Å². The number of carboxylic acid groups (broad SMARTS) is 1. The van der Waals surface area contributed by atoms with Crippen molar-refractivity contribution >= 4 is 41.1 Å². The van der Waals surface area contributed by atoms with Crippen molar-refractivity contribution in [1.82, 2.24) is 10.2 Å². The van der Waals surface area contributed by atoms with E-state index in [2.05, 4.69) is 5.32 Å². The van der Waals surface area contributed by atoms with Gasteiger partial charge < -0.3 is 21.3 Å². The fraction of sp³-hybridized carbons (Fsp3) is 0.312. The number of carbonyl (C=O) groups excluding carboxylic acids is 2. The molecule has 0 spiro atoms. The summed E-state index contributed by atoms with van der Waals surface area (Å²) in [6.45, 7) is 1.66. The number of fused-ring (bicyclic) bond motifs is 1. The van der Waals surface area contributed by atoms with Crippen LogP contribution in [0.4, 0.5) is 0 Å². The minimum absolute atomic E-state index is 0.0288. The molecule has 2 heterocycles. The molecule has 2 aliphatic rings. The van der Waals surface area contributed by atoms with Gasteiger partial charge in [-0.05, 0) is 30.2 Å². The fourth-order valence-corrected chi connectivity index (χ4v) is 4.37. The molecule has 26 heavy (non-hydrogen) atoms. The Bertz CT molecular complexity index is 843. The van der Waals surface area contributed by atoms with Crippen LogP contribution in [0.2, 0.25) is 5.02 Å². The third kappa shape index (κ3) is 3.02. The molecule has 1 fully saturated rings. The number of phenols is 1. The number of nitrogens with two attached hydrogens (primary N) is 1. The Morgan fingerprint density at radius 3 is 2.77 bits per heavy atom. The first-order valence-corrected chi connectivity index (χ1v) is 9.07. The summed E-state index contributed by atoms with van der Waals surface area (Å²) in [6.07, 6.45) is 0. The highest BCUT2D eigenvalue weighted by atomic mass is 35.5. The molecule has 8 nitrogen and oxygen atoms in total. The fourth-order valence-electron chi connectivity index (χ4n) is 2.89. The smallest absolute Gasteiger partial charge is 0.352 e. The van der Waals surface area contributed by atoms with Crippen LogP contribution in [0.15, 0.2) is 29.5 Å². The van der Waals surface area contributed by atoms with E-state index in [9.17, 15) is 24.6 Å². The monoisotopic (exact) mass is 397 g/mol. The van der Waals surface area contributed by atoms with Crippen molar-refractivity contribution in [1.29, 1.82) is 0 Å². The molecule has 138 valence electrons. The second kappa shape index (κ2) is 6.82. The predicted molar refractivity (Wildman–Crippen MR) is 95.4 cm³/mol. The topological polar surface area (TPSA) is 133 Å². The minimum Gasteiger partial charge on any atom is -0.506 e. The summed E-state index contributed by atoms with van der Waals surface area (Å²) < 4.78 is 0. The highest BCUT2D eigenvalue weighted by Gasteiger charge is 2.53. The molecule has 1 aromatic rings. The van der Waals surface area contributed by atoms with Crippen LogP contribution in [0, 0.1) is 0 Å². The second-order valence-electron chi connectivity index (χ2n) is 6.02. The van der Waals surface area contributed by atoms with E-state index in [0.717, 1.165) is 0 Å². The van der Waals surface area contributed by atoms with Crippen LogP contribution in [-0.4, -0.2) is 50.1 Å². The number of nitrogens with one attached hydrogen (secondary N) is 1.